The Bertz CT molecular complexity index is 1290. The van der Waals surface area contributed by atoms with Crippen LogP contribution < -0.4 is 14.8 Å². The fourth-order valence-corrected chi connectivity index (χ4v) is 4.11. The van der Waals surface area contributed by atoms with Crippen molar-refractivity contribution in [3.05, 3.63) is 94.2 Å². The highest BCUT2D eigenvalue weighted by molar-refractivity contribution is 6.36. The van der Waals surface area contributed by atoms with Crippen LogP contribution in [0.5, 0.6) is 11.5 Å². The zero-order valence-electron chi connectivity index (χ0n) is 20.1. The van der Waals surface area contributed by atoms with Gasteiger partial charge in [-0.1, -0.05) is 53.6 Å². The van der Waals surface area contributed by atoms with Crippen molar-refractivity contribution >= 4 is 23.1 Å². The van der Waals surface area contributed by atoms with Crippen molar-refractivity contribution in [2.24, 2.45) is 0 Å². The Labute approximate surface area is 199 Å². The molecule has 3 aromatic rings. The van der Waals surface area contributed by atoms with Crippen molar-refractivity contribution in [3.63, 3.8) is 0 Å². The average Bonchev–Trinajstić information content (AvgIpc) is 3.04. The number of nitrogens with one attached hydrogen (secondary N) is 1. The van der Waals surface area contributed by atoms with E-state index >= 15 is 0 Å². The zero-order chi connectivity index (χ0) is 24.4. The first-order valence-electron chi connectivity index (χ1n) is 11.0. The molecule has 0 radical (unpaired) electrons. The number of ether oxygens (including phenoxy) is 2. The molecule has 1 heterocycles. The minimum absolute atomic E-state index is 0.198. The third kappa shape index (κ3) is 4.39. The number of aryl methyl sites for hydroxylation is 3. The second-order valence-corrected chi connectivity index (χ2v) is 8.45. The van der Waals surface area contributed by atoms with Crippen LogP contribution in [0, 0.1) is 20.8 Å². The number of methoxy groups -OCH3 is 2. The number of hydrogen-bond acceptors (Lipinski definition) is 5. The van der Waals surface area contributed by atoms with Gasteiger partial charge in [-0.3, -0.25) is 14.5 Å². The van der Waals surface area contributed by atoms with Gasteiger partial charge in [0.05, 0.1) is 26.3 Å². The third-order valence-corrected chi connectivity index (χ3v) is 5.93. The lowest BCUT2D eigenvalue weighted by Crippen LogP contribution is -2.32. The number of carbonyl (C=O) groups is 2. The molecule has 174 valence electrons. The van der Waals surface area contributed by atoms with Crippen LogP contribution in [-0.4, -0.2) is 30.9 Å². The van der Waals surface area contributed by atoms with Crippen molar-refractivity contribution in [3.8, 4) is 11.5 Å². The summed E-state index contributed by atoms with van der Waals surface area (Å²) in [4.78, 5) is 28.5. The highest BCUT2D eigenvalue weighted by Gasteiger charge is 2.39. The van der Waals surface area contributed by atoms with Crippen LogP contribution in [0.1, 0.15) is 27.8 Å². The van der Waals surface area contributed by atoms with Crippen LogP contribution in [0.15, 0.2) is 66.4 Å². The van der Waals surface area contributed by atoms with Gasteiger partial charge in [0.1, 0.15) is 5.70 Å². The Morgan fingerprint density at radius 2 is 1.44 bits per heavy atom. The standard InChI is InChI=1S/C28H28N2O4/c1-17-6-9-20(10-7-17)16-30-27(31)25(22-12-8-18(2)14-19(22)3)26(28(30)32)29-21-11-13-23(33-4)24(15-21)34-5/h6-15,29H,16H2,1-5H3. The number of nitrogens with zero attached hydrogens (tertiary/aromatic N) is 1. The molecule has 0 saturated heterocycles. The Kier molecular flexibility index (Phi) is 6.41. The number of amides is 2. The van der Waals surface area contributed by atoms with E-state index in [1.165, 1.54) is 4.90 Å². The lowest BCUT2D eigenvalue weighted by molar-refractivity contribution is -0.137. The molecule has 2 amide bonds. The summed E-state index contributed by atoms with van der Waals surface area (Å²) < 4.78 is 10.7. The number of imide groups is 1. The number of hydrogen-bond donors (Lipinski definition) is 1. The van der Waals surface area contributed by atoms with E-state index in [1.807, 2.05) is 63.2 Å². The molecule has 1 aliphatic rings. The minimum atomic E-state index is -0.365. The first-order chi connectivity index (χ1) is 16.3. The predicted molar refractivity (Wildman–Crippen MR) is 133 cm³/mol. The predicted octanol–water partition coefficient (Wildman–Crippen LogP) is 5.02. The number of rotatable bonds is 7. The van der Waals surface area contributed by atoms with E-state index in [1.54, 1.807) is 32.4 Å². The zero-order valence-corrected chi connectivity index (χ0v) is 20.1. The maximum absolute atomic E-state index is 13.6. The van der Waals surface area contributed by atoms with Crippen molar-refractivity contribution in [2.45, 2.75) is 27.3 Å². The molecule has 1 aliphatic heterocycles. The smallest absolute Gasteiger partial charge is 0.278 e. The molecule has 0 saturated carbocycles. The Morgan fingerprint density at radius 3 is 2.09 bits per heavy atom. The summed E-state index contributed by atoms with van der Waals surface area (Å²) in [5.41, 5.74) is 5.99. The molecule has 0 unspecified atom stereocenters. The van der Waals surface area contributed by atoms with Gasteiger partial charge in [-0.15, -0.1) is 0 Å². The van der Waals surface area contributed by atoms with E-state index in [0.717, 1.165) is 27.8 Å². The molecule has 0 atom stereocenters. The fraction of sp³-hybridized carbons (Fsp3) is 0.214. The molecule has 34 heavy (non-hydrogen) atoms. The van der Waals surface area contributed by atoms with Gasteiger partial charge < -0.3 is 14.8 Å². The van der Waals surface area contributed by atoms with Gasteiger partial charge in [0.2, 0.25) is 0 Å². The Morgan fingerprint density at radius 1 is 0.765 bits per heavy atom. The van der Waals surface area contributed by atoms with E-state index in [9.17, 15) is 9.59 Å². The molecule has 4 rings (SSSR count). The number of benzene rings is 3. The topological polar surface area (TPSA) is 67.9 Å². The Hall–Kier alpha value is -4.06. The molecule has 3 aromatic carbocycles. The van der Waals surface area contributed by atoms with Crippen LogP contribution in [0.25, 0.3) is 5.57 Å². The van der Waals surface area contributed by atoms with Gasteiger partial charge in [-0.2, -0.15) is 0 Å². The summed E-state index contributed by atoms with van der Waals surface area (Å²) in [6, 6.07) is 19.0. The molecule has 1 N–H and O–H groups in total. The lowest BCUT2D eigenvalue weighted by atomic mass is 9.97. The van der Waals surface area contributed by atoms with Crippen LogP contribution >= 0.6 is 0 Å². The van der Waals surface area contributed by atoms with E-state index in [-0.39, 0.29) is 24.1 Å². The summed E-state index contributed by atoms with van der Waals surface area (Å²) >= 11 is 0. The first-order valence-corrected chi connectivity index (χ1v) is 11.0. The van der Waals surface area contributed by atoms with E-state index in [0.29, 0.717) is 22.8 Å². The molecule has 0 aromatic heterocycles. The first kappa shape index (κ1) is 23.1. The quantitative estimate of drug-likeness (QED) is 0.506. The van der Waals surface area contributed by atoms with Gasteiger partial charge >= 0.3 is 0 Å². The largest absolute Gasteiger partial charge is 0.493 e. The van der Waals surface area contributed by atoms with Crippen molar-refractivity contribution < 1.29 is 19.1 Å². The van der Waals surface area contributed by atoms with Crippen LogP contribution in [-0.2, 0) is 16.1 Å². The van der Waals surface area contributed by atoms with Crippen molar-refractivity contribution in [1.82, 2.24) is 4.90 Å². The maximum atomic E-state index is 13.6. The summed E-state index contributed by atoms with van der Waals surface area (Å²) in [5.74, 6) is 0.414. The van der Waals surface area contributed by atoms with Crippen molar-refractivity contribution in [2.75, 3.05) is 19.5 Å². The monoisotopic (exact) mass is 456 g/mol. The summed E-state index contributed by atoms with van der Waals surface area (Å²) in [6.07, 6.45) is 0. The van der Waals surface area contributed by atoms with E-state index in [2.05, 4.69) is 5.32 Å². The summed E-state index contributed by atoms with van der Waals surface area (Å²) in [7, 11) is 3.11. The fourth-order valence-electron chi connectivity index (χ4n) is 4.11. The SMILES string of the molecule is COc1ccc(NC2=C(c3ccc(C)cc3C)C(=O)N(Cc3ccc(C)cc3)C2=O)cc1OC. The van der Waals surface area contributed by atoms with Gasteiger partial charge in [0.15, 0.2) is 11.5 Å². The normalized spacial score (nSPS) is 13.5. The molecule has 6 nitrogen and oxygen atoms in total. The molecule has 6 heteroatoms. The summed E-state index contributed by atoms with van der Waals surface area (Å²) in [6.45, 7) is 6.15. The molecule has 0 spiro atoms. The molecule has 0 aliphatic carbocycles. The highest BCUT2D eigenvalue weighted by atomic mass is 16.5. The summed E-state index contributed by atoms with van der Waals surface area (Å²) in [5, 5.41) is 3.19. The van der Waals surface area contributed by atoms with E-state index in [4.69, 9.17) is 9.47 Å². The third-order valence-electron chi connectivity index (χ3n) is 5.93. The van der Waals surface area contributed by atoms with Gasteiger partial charge in [-0.05, 0) is 49.6 Å². The minimum Gasteiger partial charge on any atom is -0.493 e. The van der Waals surface area contributed by atoms with Gasteiger partial charge in [0, 0.05) is 11.8 Å². The van der Waals surface area contributed by atoms with Crippen LogP contribution in [0.2, 0.25) is 0 Å². The average molecular weight is 457 g/mol. The number of anilines is 1. The second-order valence-electron chi connectivity index (χ2n) is 8.45. The Balaban J connectivity index is 1.77. The van der Waals surface area contributed by atoms with Crippen LogP contribution in [0.4, 0.5) is 5.69 Å². The number of carbonyl (C=O) groups excluding carboxylic acids is 2. The van der Waals surface area contributed by atoms with Crippen molar-refractivity contribution in [1.29, 1.82) is 0 Å². The molecular formula is C28H28N2O4. The lowest BCUT2D eigenvalue weighted by Gasteiger charge is -2.16. The van der Waals surface area contributed by atoms with Gasteiger partial charge in [-0.25, -0.2) is 0 Å². The maximum Gasteiger partial charge on any atom is 0.278 e. The van der Waals surface area contributed by atoms with Crippen LogP contribution in [0.3, 0.4) is 0 Å². The molecule has 0 fully saturated rings. The molecular weight excluding hydrogens is 428 g/mol. The second kappa shape index (κ2) is 9.43. The van der Waals surface area contributed by atoms with E-state index < -0.39 is 0 Å². The highest BCUT2D eigenvalue weighted by Crippen LogP contribution is 2.35. The molecule has 0 bridgehead atoms. The van der Waals surface area contributed by atoms with Gasteiger partial charge in [0.25, 0.3) is 11.8 Å².